The number of carbonyl (C=O) groups is 3. The van der Waals surface area contributed by atoms with E-state index in [9.17, 15) is 14.4 Å². The summed E-state index contributed by atoms with van der Waals surface area (Å²) in [6.07, 6.45) is 0. The fourth-order valence-corrected chi connectivity index (χ4v) is 4.24. The van der Waals surface area contributed by atoms with Crippen LogP contribution in [0.1, 0.15) is 21.6 Å². The van der Waals surface area contributed by atoms with Crippen molar-refractivity contribution < 1.29 is 19.1 Å². The first kappa shape index (κ1) is 25.1. The van der Waals surface area contributed by atoms with E-state index in [1.54, 1.807) is 36.4 Å². The molecule has 36 heavy (non-hydrogen) atoms. The summed E-state index contributed by atoms with van der Waals surface area (Å²) in [6, 6.07) is 16.9. The van der Waals surface area contributed by atoms with E-state index in [1.165, 1.54) is 17.9 Å². The molecular weight excluding hydrogens is 503 g/mol. The average Bonchev–Trinajstić information content (AvgIpc) is 3.21. The van der Waals surface area contributed by atoms with Crippen LogP contribution in [0.25, 0.3) is 10.9 Å². The molecule has 10 heteroatoms. The van der Waals surface area contributed by atoms with Gasteiger partial charge in [-0.1, -0.05) is 53.5 Å². The number of halogens is 2. The minimum absolute atomic E-state index is 0.0498. The van der Waals surface area contributed by atoms with Crippen LogP contribution in [-0.2, 0) is 9.59 Å². The van der Waals surface area contributed by atoms with E-state index in [1.807, 2.05) is 32.0 Å². The standard InChI is InChI=1S/C26H22Cl2N4O4/c1-14-6-4-7-15(2)22(14)30-25(34)26(35)31-32-20(12-16-8-5-9-21(36-3)23(16)32)24(33)29-19-11-10-17(27)13-18(19)28/h4-13H,1-3H3,(H,29,33)(H,30,34)(H,31,35). The van der Waals surface area contributed by atoms with Gasteiger partial charge in [-0.3, -0.25) is 19.8 Å². The zero-order chi connectivity index (χ0) is 26.0. The molecule has 0 saturated heterocycles. The second kappa shape index (κ2) is 10.3. The lowest BCUT2D eigenvalue weighted by atomic mass is 10.1. The third-order valence-electron chi connectivity index (χ3n) is 5.56. The van der Waals surface area contributed by atoms with Gasteiger partial charge in [0.15, 0.2) is 0 Å². The van der Waals surface area contributed by atoms with E-state index in [0.717, 1.165) is 11.1 Å². The number of aryl methyl sites for hydroxylation is 2. The monoisotopic (exact) mass is 524 g/mol. The van der Waals surface area contributed by atoms with Crippen LogP contribution >= 0.6 is 23.2 Å². The summed E-state index contributed by atoms with van der Waals surface area (Å²) < 4.78 is 6.66. The zero-order valence-electron chi connectivity index (χ0n) is 19.6. The molecule has 0 aliphatic carbocycles. The quantitative estimate of drug-likeness (QED) is 0.298. The van der Waals surface area contributed by atoms with Gasteiger partial charge in [0.25, 0.3) is 5.91 Å². The van der Waals surface area contributed by atoms with E-state index in [-0.39, 0.29) is 10.7 Å². The number of fused-ring (bicyclic) bond motifs is 1. The van der Waals surface area contributed by atoms with Gasteiger partial charge in [0, 0.05) is 16.1 Å². The largest absolute Gasteiger partial charge is 0.494 e. The van der Waals surface area contributed by atoms with Crippen molar-refractivity contribution in [1.82, 2.24) is 4.68 Å². The molecule has 1 aromatic heterocycles. The molecule has 0 aliphatic rings. The Balaban J connectivity index is 1.69. The Hall–Kier alpha value is -4.01. The number of hydrogen-bond donors (Lipinski definition) is 3. The predicted molar refractivity (Wildman–Crippen MR) is 142 cm³/mol. The minimum Gasteiger partial charge on any atom is -0.494 e. The van der Waals surface area contributed by atoms with E-state index in [4.69, 9.17) is 27.9 Å². The molecule has 1 heterocycles. The van der Waals surface area contributed by atoms with E-state index >= 15 is 0 Å². The Bertz CT molecular complexity index is 1490. The van der Waals surface area contributed by atoms with Crippen LogP contribution in [0.3, 0.4) is 0 Å². The van der Waals surface area contributed by atoms with Crippen molar-refractivity contribution in [3.63, 3.8) is 0 Å². The van der Waals surface area contributed by atoms with Crippen LogP contribution in [0.4, 0.5) is 11.4 Å². The Morgan fingerprint density at radius 1 is 0.861 bits per heavy atom. The number of nitrogens with one attached hydrogen (secondary N) is 3. The number of anilines is 2. The highest BCUT2D eigenvalue weighted by molar-refractivity contribution is 6.42. The van der Waals surface area contributed by atoms with Gasteiger partial charge in [-0.2, -0.15) is 0 Å². The van der Waals surface area contributed by atoms with Gasteiger partial charge in [0.05, 0.1) is 17.8 Å². The summed E-state index contributed by atoms with van der Waals surface area (Å²) in [4.78, 5) is 39.0. The molecule has 3 amide bonds. The number of methoxy groups -OCH3 is 1. The number of aromatic nitrogens is 1. The maximum absolute atomic E-state index is 13.3. The van der Waals surface area contributed by atoms with Crippen molar-refractivity contribution in [1.29, 1.82) is 0 Å². The molecule has 0 fully saturated rings. The smallest absolute Gasteiger partial charge is 0.328 e. The van der Waals surface area contributed by atoms with Crippen molar-refractivity contribution in [2.45, 2.75) is 13.8 Å². The molecule has 0 saturated carbocycles. The maximum atomic E-state index is 13.3. The normalized spacial score (nSPS) is 10.7. The molecule has 0 aliphatic heterocycles. The lowest BCUT2D eigenvalue weighted by Gasteiger charge is -2.15. The fourth-order valence-electron chi connectivity index (χ4n) is 3.79. The van der Waals surface area contributed by atoms with Gasteiger partial charge >= 0.3 is 11.8 Å². The molecular formula is C26H22Cl2N4O4. The molecule has 4 aromatic rings. The first-order chi connectivity index (χ1) is 17.2. The van der Waals surface area contributed by atoms with Crippen molar-refractivity contribution in [2.24, 2.45) is 0 Å². The van der Waals surface area contributed by atoms with Crippen LogP contribution in [0.15, 0.2) is 60.7 Å². The Morgan fingerprint density at radius 3 is 2.22 bits per heavy atom. The van der Waals surface area contributed by atoms with Crippen molar-refractivity contribution in [3.8, 4) is 5.75 Å². The van der Waals surface area contributed by atoms with Crippen molar-refractivity contribution >= 4 is 63.2 Å². The molecule has 0 radical (unpaired) electrons. The van der Waals surface area contributed by atoms with E-state index < -0.39 is 17.7 Å². The van der Waals surface area contributed by atoms with Gasteiger partial charge in [0.1, 0.15) is 17.0 Å². The number of carbonyl (C=O) groups excluding carboxylic acids is 3. The molecule has 0 bridgehead atoms. The maximum Gasteiger partial charge on any atom is 0.328 e. The highest BCUT2D eigenvalue weighted by atomic mass is 35.5. The average molecular weight is 525 g/mol. The van der Waals surface area contributed by atoms with Crippen molar-refractivity contribution in [2.75, 3.05) is 23.2 Å². The molecule has 4 rings (SSSR count). The number of para-hydroxylation sites is 2. The number of rotatable bonds is 5. The first-order valence-corrected chi connectivity index (χ1v) is 11.6. The third kappa shape index (κ3) is 5.00. The van der Waals surface area contributed by atoms with Crippen LogP contribution in [0.5, 0.6) is 5.75 Å². The molecule has 0 unspecified atom stereocenters. The van der Waals surface area contributed by atoms with Gasteiger partial charge < -0.3 is 15.4 Å². The zero-order valence-corrected chi connectivity index (χ0v) is 21.1. The summed E-state index contributed by atoms with van der Waals surface area (Å²) in [7, 11) is 1.47. The summed E-state index contributed by atoms with van der Waals surface area (Å²) in [5.74, 6) is -2.05. The third-order valence-corrected chi connectivity index (χ3v) is 6.11. The van der Waals surface area contributed by atoms with Gasteiger partial charge in [-0.15, -0.1) is 0 Å². The summed E-state index contributed by atoms with van der Waals surface area (Å²) in [6.45, 7) is 3.66. The number of hydrogen-bond acceptors (Lipinski definition) is 4. The number of benzene rings is 3. The van der Waals surface area contributed by atoms with E-state index in [0.29, 0.717) is 33.0 Å². The lowest BCUT2D eigenvalue weighted by Crippen LogP contribution is -2.36. The molecule has 184 valence electrons. The van der Waals surface area contributed by atoms with Crippen LogP contribution in [0, 0.1) is 13.8 Å². The topological polar surface area (TPSA) is 101 Å². The molecule has 3 aromatic carbocycles. The highest BCUT2D eigenvalue weighted by Crippen LogP contribution is 2.30. The first-order valence-electron chi connectivity index (χ1n) is 10.8. The Morgan fingerprint density at radius 2 is 1.56 bits per heavy atom. The molecule has 8 nitrogen and oxygen atoms in total. The van der Waals surface area contributed by atoms with Gasteiger partial charge in [-0.05, 0) is 55.3 Å². The second-order valence-corrected chi connectivity index (χ2v) is 8.85. The summed E-state index contributed by atoms with van der Waals surface area (Å²) in [5, 5.41) is 6.62. The lowest BCUT2D eigenvalue weighted by molar-refractivity contribution is -0.133. The minimum atomic E-state index is -0.973. The molecule has 3 N–H and O–H groups in total. The second-order valence-electron chi connectivity index (χ2n) is 8.00. The van der Waals surface area contributed by atoms with Crippen molar-refractivity contribution in [3.05, 3.63) is 87.5 Å². The van der Waals surface area contributed by atoms with Crippen LogP contribution in [0.2, 0.25) is 10.0 Å². The Kier molecular flexibility index (Phi) is 7.19. The predicted octanol–water partition coefficient (Wildman–Crippen LogP) is 5.53. The fraction of sp³-hybridized carbons (Fsp3) is 0.115. The number of ether oxygens (including phenoxy) is 1. The molecule has 0 spiro atoms. The summed E-state index contributed by atoms with van der Waals surface area (Å²) in [5.41, 5.74) is 5.47. The number of amides is 3. The van der Waals surface area contributed by atoms with Crippen LogP contribution in [-0.4, -0.2) is 29.5 Å². The van der Waals surface area contributed by atoms with Gasteiger partial charge in [0.2, 0.25) is 0 Å². The SMILES string of the molecule is COc1cccc2cc(C(=O)Nc3ccc(Cl)cc3Cl)n(NC(=O)C(=O)Nc3c(C)cccc3C)c12. The van der Waals surface area contributed by atoms with Gasteiger partial charge in [-0.25, -0.2) is 4.68 Å². The number of nitrogens with zero attached hydrogens (tertiary/aromatic N) is 1. The Labute approximate surface area is 217 Å². The highest BCUT2D eigenvalue weighted by Gasteiger charge is 2.24. The summed E-state index contributed by atoms with van der Waals surface area (Å²) >= 11 is 12.2. The van der Waals surface area contributed by atoms with E-state index in [2.05, 4.69) is 16.1 Å². The van der Waals surface area contributed by atoms with Crippen LogP contribution < -0.4 is 20.8 Å². The molecule has 0 atom stereocenters.